The second-order valence-corrected chi connectivity index (χ2v) is 5.42. The minimum Gasteiger partial charge on any atom is -0.378 e. The fourth-order valence-corrected chi connectivity index (χ4v) is 2.33. The summed E-state index contributed by atoms with van der Waals surface area (Å²) >= 11 is 0. The van der Waals surface area contributed by atoms with Crippen molar-refractivity contribution in [2.75, 3.05) is 25.5 Å². The van der Waals surface area contributed by atoms with Gasteiger partial charge in [-0.25, -0.2) is 0 Å². The second-order valence-electron chi connectivity index (χ2n) is 5.42. The molecular weight excluding hydrogens is 238 g/mol. The standard InChI is InChI=1S/C15H23N3O/c1-11(16-10-13-6-9-15(19)17-13)12-4-7-14(8-5-12)18(2)3/h4-5,7-8,11,13,16H,6,9-10H2,1-3H3,(H,17,19). The van der Waals surface area contributed by atoms with Crippen molar-refractivity contribution in [1.82, 2.24) is 10.6 Å². The number of nitrogens with zero attached hydrogens (tertiary/aromatic N) is 1. The Morgan fingerprint density at radius 2 is 2.05 bits per heavy atom. The third kappa shape index (κ3) is 3.70. The average molecular weight is 261 g/mol. The van der Waals surface area contributed by atoms with Gasteiger partial charge in [0.1, 0.15) is 0 Å². The number of nitrogens with one attached hydrogen (secondary N) is 2. The largest absolute Gasteiger partial charge is 0.378 e. The number of anilines is 1. The van der Waals surface area contributed by atoms with Crippen molar-refractivity contribution >= 4 is 11.6 Å². The lowest BCUT2D eigenvalue weighted by Gasteiger charge is -2.19. The summed E-state index contributed by atoms with van der Waals surface area (Å²) in [7, 11) is 4.08. The summed E-state index contributed by atoms with van der Waals surface area (Å²) in [4.78, 5) is 13.2. The van der Waals surface area contributed by atoms with Crippen molar-refractivity contribution in [3.05, 3.63) is 29.8 Å². The van der Waals surface area contributed by atoms with Gasteiger partial charge in [-0.1, -0.05) is 12.1 Å². The van der Waals surface area contributed by atoms with Crippen LogP contribution in [-0.4, -0.2) is 32.6 Å². The second kappa shape index (κ2) is 6.06. The highest BCUT2D eigenvalue weighted by molar-refractivity contribution is 5.78. The van der Waals surface area contributed by atoms with Gasteiger partial charge in [-0.2, -0.15) is 0 Å². The molecule has 0 bridgehead atoms. The van der Waals surface area contributed by atoms with Crippen LogP contribution in [0.15, 0.2) is 24.3 Å². The van der Waals surface area contributed by atoms with E-state index in [1.54, 1.807) is 0 Å². The fourth-order valence-electron chi connectivity index (χ4n) is 2.33. The fraction of sp³-hybridized carbons (Fsp3) is 0.533. The summed E-state index contributed by atoms with van der Waals surface area (Å²) in [6, 6.07) is 9.15. The summed E-state index contributed by atoms with van der Waals surface area (Å²) in [5.74, 6) is 0.176. The zero-order chi connectivity index (χ0) is 13.8. The van der Waals surface area contributed by atoms with Crippen LogP contribution >= 0.6 is 0 Å². The molecule has 0 aliphatic carbocycles. The first-order valence-electron chi connectivity index (χ1n) is 6.86. The molecule has 2 unspecified atom stereocenters. The van der Waals surface area contributed by atoms with Crippen molar-refractivity contribution in [2.24, 2.45) is 0 Å². The molecule has 1 amide bonds. The van der Waals surface area contributed by atoms with E-state index in [1.807, 2.05) is 14.1 Å². The average Bonchev–Trinajstić information content (AvgIpc) is 2.82. The van der Waals surface area contributed by atoms with Gasteiger partial charge in [0, 0.05) is 44.8 Å². The molecular formula is C15H23N3O. The van der Waals surface area contributed by atoms with Crippen LogP contribution in [0.4, 0.5) is 5.69 Å². The number of rotatable bonds is 5. The quantitative estimate of drug-likeness (QED) is 0.847. The molecule has 1 aliphatic heterocycles. The van der Waals surface area contributed by atoms with Gasteiger partial charge in [0.25, 0.3) is 0 Å². The molecule has 104 valence electrons. The Morgan fingerprint density at radius 1 is 1.37 bits per heavy atom. The normalized spacial score (nSPS) is 20.2. The van der Waals surface area contributed by atoms with Crippen LogP contribution in [-0.2, 0) is 4.79 Å². The Morgan fingerprint density at radius 3 is 2.58 bits per heavy atom. The van der Waals surface area contributed by atoms with Crippen LogP contribution in [0, 0.1) is 0 Å². The van der Waals surface area contributed by atoms with Crippen LogP contribution < -0.4 is 15.5 Å². The molecule has 1 fully saturated rings. The SMILES string of the molecule is CC(NCC1CCC(=O)N1)c1ccc(N(C)C)cc1. The zero-order valence-electron chi connectivity index (χ0n) is 11.9. The number of hydrogen-bond donors (Lipinski definition) is 2. The highest BCUT2D eigenvalue weighted by Gasteiger charge is 2.20. The van der Waals surface area contributed by atoms with Gasteiger partial charge in [0.15, 0.2) is 0 Å². The molecule has 2 rings (SSSR count). The molecule has 4 nitrogen and oxygen atoms in total. The molecule has 0 radical (unpaired) electrons. The molecule has 19 heavy (non-hydrogen) atoms. The van der Waals surface area contributed by atoms with E-state index >= 15 is 0 Å². The van der Waals surface area contributed by atoms with Gasteiger partial charge < -0.3 is 15.5 Å². The van der Waals surface area contributed by atoms with Gasteiger partial charge in [-0.15, -0.1) is 0 Å². The van der Waals surface area contributed by atoms with E-state index in [-0.39, 0.29) is 11.9 Å². The molecule has 0 saturated carbocycles. The van der Waals surface area contributed by atoms with E-state index in [1.165, 1.54) is 11.3 Å². The molecule has 0 spiro atoms. The van der Waals surface area contributed by atoms with E-state index in [4.69, 9.17) is 0 Å². The van der Waals surface area contributed by atoms with Crippen LogP contribution in [0.25, 0.3) is 0 Å². The highest BCUT2D eigenvalue weighted by Crippen LogP contribution is 2.18. The van der Waals surface area contributed by atoms with Gasteiger partial charge in [0.05, 0.1) is 0 Å². The monoisotopic (exact) mass is 261 g/mol. The summed E-state index contributed by atoms with van der Waals surface area (Å²) in [6.45, 7) is 2.99. The predicted octanol–water partition coefficient (Wildman–Crippen LogP) is 1.68. The van der Waals surface area contributed by atoms with E-state index in [2.05, 4.69) is 46.7 Å². The molecule has 1 heterocycles. The van der Waals surface area contributed by atoms with Crippen molar-refractivity contribution in [1.29, 1.82) is 0 Å². The van der Waals surface area contributed by atoms with Gasteiger partial charge >= 0.3 is 0 Å². The Balaban J connectivity index is 1.85. The summed E-state index contributed by atoms with van der Waals surface area (Å²) < 4.78 is 0. The van der Waals surface area contributed by atoms with Crippen LogP contribution in [0.1, 0.15) is 31.4 Å². The Labute approximate surface area is 115 Å². The molecule has 1 aromatic rings. The van der Waals surface area contributed by atoms with E-state index < -0.39 is 0 Å². The molecule has 4 heteroatoms. The van der Waals surface area contributed by atoms with Gasteiger partial charge in [0.2, 0.25) is 5.91 Å². The first kappa shape index (κ1) is 13.9. The number of hydrogen-bond acceptors (Lipinski definition) is 3. The van der Waals surface area contributed by atoms with Crippen LogP contribution in [0.2, 0.25) is 0 Å². The van der Waals surface area contributed by atoms with E-state index in [0.29, 0.717) is 12.5 Å². The molecule has 0 aromatic heterocycles. The van der Waals surface area contributed by atoms with Crippen molar-refractivity contribution < 1.29 is 4.79 Å². The lowest BCUT2D eigenvalue weighted by molar-refractivity contribution is -0.119. The van der Waals surface area contributed by atoms with Gasteiger partial charge in [-0.05, 0) is 31.0 Å². The number of carbonyl (C=O) groups is 1. The zero-order valence-corrected chi connectivity index (χ0v) is 11.9. The number of carbonyl (C=O) groups excluding carboxylic acids is 1. The smallest absolute Gasteiger partial charge is 0.220 e. The van der Waals surface area contributed by atoms with Crippen molar-refractivity contribution in [2.45, 2.75) is 31.8 Å². The summed E-state index contributed by atoms with van der Waals surface area (Å²) in [6.07, 6.45) is 1.61. The third-order valence-electron chi connectivity index (χ3n) is 3.66. The van der Waals surface area contributed by atoms with Crippen LogP contribution in [0.3, 0.4) is 0 Å². The van der Waals surface area contributed by atoms with E-state index in [9.17, 15) is 4.79 Å². The van der Waals surface area contributed by atoms with Crippen LogP contribution in [0.5, 0.6) is 0 Å². The van der Waals surface area contributed by atoms with Crippen molar-refractivity contribution in [3.63, 3.8) is 0 Å². The lowest BCUT2D eigenvalue weighted by Crippen LogP contribution is -2.36. The number of amides is 1. The Kier molecular flexibility index (Phi) is 4.43. The Bertz CT molecular complexity index is 428. The lowest BCUT2D eigenvalue weighted by atomic mass is 10.1. The van der Waals surface area contributed by atoms with E-state index in [0.717, 1.165) is 13.0 Å². The summed E-state index contributed by atoms with van der Waals surface area (Å²) in [5, 5.41) is 6.46. The maximum absolute atomic E-state index is 11.1. The topological polar surface area (TPSA) is 44.4 Å². The minimum absolute atomic E-state index is 0.176. The molecule has 2 atom stereocenters. The molecule has 1 saturated heterocycles. The maximum Gasteiger partial charge on any atom is 0.220 e. The molecule has 1 aliphatic rings. The minimum atomic E-state index is 0.176. The first-order chi connectivity index (χ1) is 9.06. The molecule has 1 aromatic carbocycles. The Hall–Kier alpha value is -1.55. The number of benzene rings is 1. The summed E-state index contributed by atoms with van der Waals surface area (Å²) in [5.41, 5.74) is 2.48. The maximum atomic E-state index is 11.1. The highest BCUT2D eigenvalue weighted by atomic mass is 16.1. The van der Waals surface area contributed by atoms with Crippen molar-refractivity contribution in [3.8, 4) is 0 Å². The molecule has 2 N–H and O–H groups in total. The third-order valence-corrected chi connectivity index (χ3v) is 3.66. The predicted molar refractivity (Wildman–Crippen MR) is 78.4 cm³/mol. The first-order valence-corrected chi connectivity index (χ1v) is 6.86. The van der Waals surface area contributed by atoms with Gasteiger partial charge in [-0.3, -0.25) is 4.79 Å².